The Morgan fingerprint density at radius 2 is 1.22 bits per heavy atom. The standard InChI is InChI=1S/C13H13NO2S2/c15-18(16,14-17)13(11-7-3-1-4-8-11)12-9-5-2-6-10-12/h1-10,13-14,17H. The van der Waals surface area contributed by atoms with Crippen LogP contribution in [0.1, 0.15) is 16.4 Å². The fourth-order valence-electron chi connectivity index (χ4n) is 1.86. The van der Waals surface area contributed by atoms with E-state index >= 15 is 0 Å². The van der Waals surface area contributed by atoms with Gasteiger partial charge in [-0.3, -0.25) is 0 Å². The van der Waals surface area contributed by atoms with Gasteiger partial charge in [0.25, 0.3) is 0 Å². The lowest BCUT2D eigenvalue weighted by Crippen LogP contribution is -2.23. The van der Waals surface area contributed by atoms with Crippen LogP contribution in [0.2, 0.25) is 0 Å². The first kappa shape index (κ1) is 13.1. The average Bonchev–Trinajstić information content (AvgIpc) is 2.41. The third kappa shape index (κ3) is 2.75. The van der Waals surface area contributed by atoms with E-state index in [1.54, 1.807) is 24.3 Å². The van der Waals surface area contributed by atoms with Crippen molar-refractivity contribution >= 4 is 22.8 Å². The van der Waals surface area contributed by atoms with E-state index in [1.165, 1.54) is 0 Å². The molecule has 18 heavy (non-hydrogen) atoms. The van der Waals surface area contributed by atoms with Crippen LogP contribution in [-0.2, 0) is 10.0 Å². The summed E-state index contributed by atoms with van der Waals surface area (Å²) in [5.74, 6) is 0. The van der Waals surface area contributed by atoms with E-state index in [4.69, 9.17) is 0 Å². The maximum absolute atomic E-state index is 12.1. The first-order chi connectivity index (χ1) is 8.65. The van der Waals surface area contributed by atoms with Crippen molar-refractivity contribution < 1.29 is 8.42 Å². The van der Waals surface area contributed by atoms with Crippen LogP contribution >= 0.6 is 12.8 Å². The molecule has 0 fully saturated rings. The second-order valence-electron chi connectivity index (χ2n) is 3.84. The summed E-state index contributed by atoms with van der Waals surface area (Å²) in [6.45, 7) is 0. The van der Waals surface area contributed by atoms with Gasteiger partial charge >= 0.3 is 0 Å². The normalized spacial score (nSPS) is 11.7. The molecule has 0 aromatic heterocycles. The molecule has 0 spiro atoms. The summed E-state index contributed by atoms with van der Waals surface area (Å²) in [4.78, 5) is 0. The Labute approximate surface area is 112 Å². The summed E-state index contributed by atoms with van der Waals surface area (Å²) in [5.41, 5.74) is 1.43. The smallest absolute Gasteiger partial charge is 0.211 e. The highest BCUT2D eigenvalue weighted by Gasteiger charge is 2.27. The molecule has 0 unspecified atom stereocenters. The number of hydrogen-bond acceptors (Lipinski definition) is 3. The van der Waals surface area contributed by atoms with Crippen LogP contribution < -0.4 is 4.13 Å². The van der Waals surface area contributed by atoms with Crippen LogP contribution in [-0.4, -0.2) is 8.42 Å². The van der Waals surface area contributed by atoms with Crippen LogP contribution in [0.5, 0.6) is 0 Å². The van der Waals surface area contributed by atoms with Crippen LogP contribution in [0, 0.1) is 0 Å². The number of rotatable bonds is 4. The SMILES string of the molecule is O=S(=O)(NS)C(c1ccccc1)c1ccccc1. The van der Waals surface area contributed by atoms with Gasteiger partial charge in [-0.15, -0.1) is 0 Å². The lowest BCUT2D eigenvalue weighted by Gasteiger charge is -2.17. The Morgan fingerprint density at radius 3 is 1.56 bits per heavy atom. The molecular weight excluding hydrogens is 266 g/mol. The van der Waals surface area contributed by atoms with Gasteiger partial charge in [0.05, 0.1) is 0 Å². The third-order valence-electron chi connectivity index (χ3n) is 2.64. The number of hydrogen-bond donors (Lipinski definition) is 2. The van der Waals surface area contributed by atoms with Gasteiger partial charge in [-0.2, -0.15) is 4.13 Å². The largest absolute Gasteiger partial charge is 0.231 e. The van der Waals surface area contributed by atoms with E-state index < -0.39 is 15.3 Å². The van der Waals surface area contributed by atoms with Crippen LogP contribution in [0.4, 0.5) is 0 Å². The zero-order valence-electron chi connectivity index (χ0n) is 9.52. The Morgan fingerprint density at radius 1 is 0.833 bits per heavy atom. The van der Waals surface area contributed by atoms with Crippen molar-refractivity contribution in [3.63, 3.8) is 0 Å². The van der Waals surface area contributed by atoms with Crippen LogP contribution in [0.15, 0.2) is 60.7 Å². The fraction of sp³-hybridized carbons (Fsp3) is 0.0769. The molecule has 0 amide bonds. The summed E-state index contributed by atoms with van der Waals surface area (Å²) in [5, 5.41) is -0.752. The van der Waals surface area contributed by atoms with E-state index in [9.17, 15) is 8.42 Å². The molecule has 0 aliphatic carbocycles. The summed E-state index contributed by atoms with van der Waals surface area (Å²) in [7, 11) is -3.55. The molecular formula is C13H13NO2S2. The molecule has 0 saturated heterocycles. The van der Waals surface area contributed by atoms with Crippen molar-refractivity contribution in [2.75, 3.05) is 0 Å². The minimum atomic E-state index is -3.55. The second kappa shape index (κ2) is 5.56. The number of benzene rings is 2. The molecule has 2 aromatic rings. The number of thiol groups is 1. The van der Waals surface area contributed by atoms with Gasteiger partial charge in [0, 0.05) is 0 Å². The first-order valence-electron chi connectivity index (χ1n) is 5.40. The maximum Gasteiger partial charge on any atom is 0.231 e. The molecule has 0 atom stereocenters. The van der Waals surface area contributed by atoms with Crippen molar-refractivity contribution in [1.82, 2.24) is 4.13 Å². The minimum absolute atomic E-state index is 0.713. The van der Waals surface area contributed by atoms with Gasteiger partial charge in [0.2, 0.25) is 10.0 Å². The van der Waals surface area contributed by atoms with Crippen LogP contribution in [0.25, 0.3) is 0 Å². The highest BCUT2D eigenvalue weighted by molar-refractivity contribution is 8.00. The van der Waals surface area contributed by atoms with Crippen LogP contribution in [0.3, 0.4) is 0 Å². The molecule has 0 radical (unpaired) electrons. The lowest BCUT2D eigenvalue weighted by atomic mass is 10.0. The molecule has 5 heteroatoms. The van der Waals surface area contributed by atoms with Crippen molar-refractivity contribution in [1.29, 1.82) is 0 Å². The van der Waals surface area contributed by atoms with E-state index in [1.807, 2.05) is 36.4 Å². The Hall–Kier alpha value is -1.30. The van der Waals surface area contributed by atoms with E-state index in [2.05, 4.69) is 16.9 Å². The first-order valence-corrected chi connectivity index (χ1v) is 7.39. The molecule has 1 N–H and O–H groups in total. The fourth-order valence-corrected chi connectivity index (χ4v) is 3.31. The highest BCUT2D eigenvalue weighted by atomic mass is 32.3. The van der Waals surface area contributed by atoms with Crippen molar-refractivity contribution in [2.45, 2.75) is 5.25 Å². The van der Waals surface area contributed by atoms with Gasteiger partial charge < -0.3 is 0 Å². The molecule has 0 aliphatic rings. The molecule has 94 valence electrons. The van der Waals surface area contributed by atoms with E-state index in [-0.39, 0.29) is 0 Å². The molecule has 0 bridgehead atoms. The Balaban J connectivity index is 2.56. The van der Waals surface area contributed by atoms with Gasteiger partial charge in [-0.25, -0.2) is 8.42 Å². The molecule has 0 saturated carbocycles. The van der Waals surface area contributed by atoms with Gasteiger partial charge in [0.15, 0.2) is 0 Å². The van der Waals surface area contributed by atoms with Gasteiger partial charge in [0.1, 0.15) is 5.25 Å². The summed E-state index contributed by atoms with van der Waals surface area (Å²) >= 11 is 3.70. The van der Waals surface area contributed by atoms with Gasteiger partial charge in [-0.1, -0.05) is 73.5 Å². The third-order valence-corrected chi connectivity index (χ3v) is 4.83. The maximum atomic E-state index is 12.1. The van der Waals surface area contributed by atoms with Crippen molar-refractivity contribution in [3.05, 3.63) is 71.8 Å². The lowest BCUT2D eigenvalue weighted by molar-refractivity contribution is 0.587. The molecule has 3 nitrogen and oxygen atoms in total. The summed E-state index contributed by atoms with van der Waals surface area (Å²) in [6, 6.07) is 18.1. The number of sulfonamides is 1. The van der Waals surface area contributed by atoms with E-state index in [0.29, 0.717) is 11.1 Å². The van der Waals surface area contributed by atoms with E-state index in [0.717, 1.165) is 0 Å². The minimum Gasteiger partial charge on any atom is -0.211 e. The zero-order valence-corrected chi connectivity index (χ0v) is 11.2. The van der Waals surface area contributed by atoms with Gasteiger partial charge in [-0.05, 0) is 11.1 Å². The van der Waals surface area contributed by atoms with Crippen molar-refractivity contribution in [3.8, 4) is 0 Å². The summed E-state index contributed by atoms with van der Waals surface area (Å²) in [6.07, 6.45) is 0. The Kier molecular flexibility index (Phi) is 4.06. The topological polar surface area (TPSA) is 46.2 Å². The Bertz CT molecular complexity index is 558. The molecule has 2 rings (SSSR count). The summed E-state index contributed by atoms with van der Waals surface area (Å²) < 4.78 is 26.3. The quantitative estimate of drug-likeness (QED) is 0.845. The predicted molar refractivity (Wildman–Crippen MR) is 75.8 cm³/mol. The molecule has 2 aromatic carbocycles. The molecule has 0 aliphatic heterocycles. The number of nitrogens with one attached hydrogen (secondary N) is 1. The predicted octanol–water partition coefficient (Wildman–Crippen LogP) is 2.54. The second-order valence-corrected chi connectivity index (χ2v) is 6.13. The highest BCUT2D eigenvalue weighted by Crippen LogP contribution is 2.29. The zero-order chi connectivity index (χ0) is 13.0. The monoisotopic (exact) mass is 279 g/mol. The molecule has 0 heterocycles. The van der Waals surface area contributed by atoms with Crippen molar-refractivity contribution in [2.24, 2.45) is 0 Å². The average molecular weight is 279 g/mol.